The van der Waals surface area contributed by atoms with Crippen molar-refractivity contribution in [3.63, 3.8) is 0 Å². The first kappa shape index (κ1) is 16.8. The molecule has 6 nitrogen and oxygen atoms in total. The number of likely N-dealkylation sites (tertiary alicyclic amines) is 1. The molecule has 0 aliphatic carbocycles. The molecule has 1 aromatic rings. The van der Waals surface area contributed by atoms with E-state index in [-0.39, 0.29) is 17.9 Å². The maximum absolute atomic E-state index is 12.5. The zero-order valence-electron chi connectivity index (χ0n) is 14.2. The van der Waals surface area contributed by atoms with E-state index in [0.717, 1.165) is 24.2 Å². The lowest BCUT2D eigenvalue weighted by Crippen LogP contribution is -2.66. The van der Waals surface area contributed by atoms with E-state index in [1.165, 1.54) is 0 Å². The lowest BCUT2D eigenvalue weighted by molar-refractivity contribution is -0.159. The van der Waals surface area contributed by atoms with Crippen molar-refractivity contribution in [1.29, 1.82) is 0 Å². The van der Waals surface area contributed by atoms with Gasteiger partial charge in [-0.2, -0.15) is 0 Å². The van der Waals surface area contributed by atoms with Gasteiger partial charge in [0.25, 0.3) is 5.91 Å². The second kappa shape index (κ2) is 6.81. The molecule has 2 saturated heterocycles. The molecule has 0 aromatic heterocycles. The van der Waals surface area contributed by atoms with E-state index in [9.17, 15) is 9.59 Å². The summed E-state index contributed by atoms with van der Waals surface area (Å²) in [5, 5.41) is 2.75. The van der Waals surface area contributed by atoms with Gasteiger partial charge in [-0.1, -0.05) is 12.1 Å². The van der Waals surface area contributed by atoms with Crippen LogP contribution in [-0.4, -0.2) is 56.7 Å². The molecule has 0 saturated carbocycles. The van der Waals surface area contributed by atoms with Crippen LogP contribution in [0.4, 0.5) is 0 Å². The van der Waals surface area contributed by atoms with Crippen LogP contribution in [0.25, 0.3) is 0 Å². The monoisotopic (exact) mass is 332 g/mol. The number of nitrogens with one attached hydrogen (secondary N) is 1. The number of hydrogen-bond acceptors (Lipinski definition) is 4. The average molecular weight is 332 g/mol. The molecule has 2 fully saturated rings. The fourth-order valence-corrected chi connectivity index (χ4v) is 3.59. The highest BCUT2D eigenvalue weighted by Crippen LogP contribution is 2.36. The summed E-state index contributed by atoms with van der Waals surface area (Å²) in [4.78, 5) is 26.6. The summed E-state index contributed by atoms with van der Waals surface area (Å²) in [6, 6.07) is 7.72. The molecule has 2 amide bonds. The van der Waals surface area contributed by atoms with Gasteiger partial charge in [0.2, 0.25) is 5.91 Å². The van der Waals surface area contributed by atoms with Crippen LogP contribution in [0, 0.1) is 5.41 Å². The molecule has 6 heteroatoms. The first-order chi connectivity index (χ1) is 11.6. The van der Waals surface area contributed by atoms with Crippen LogP contribution in [0.3, 0.4) is 0 Å². The highest BCUT2D eigenvalue weighted by Gasteiger charge is 2.51. The van der Waals surface area contributed by atoms with Crippen LogP contribution in [0.5, 0.6) is 5.75 Å². The molecular weight excluding hydrogens is 308 g/mol. The lowest BCUT2D eigenvalue weighted by Gasteiger charge is -2.49. The Morgan fingerprint density at radius 1 is 1.42 bits per heavy atom. The molecule has 2 aliphatic rings. The van der Waals surface area contributed by atoms with Crippen LogP contribution in [-0.2, 0) is 20.7 Å². The highest BCUT2D eigenvalue weighted by atomic mass is 16.5. The van der Waals surface area contributed by atoms with E-state index >= 15 is 0 Å². The van der Waals surface area contributed by atoms with Crippen LogP contribution >= 0.6 is 0 Å². The molecule has 1 aromatic carbocycles. The summed E-state index contributed by atoms with van der Waals surface area (Å²) < 4.78 is 10.7. The molecule has 3 rings (SSSR count). The van der Waals surface area contributed by atoms with Gasteiger partial charge < -0.3 is 19.7 Å². The lowest BCUT2D eigenvalue weighted by atomic mass is 9.73. The molecule has 0 bridgehead atoms. The summed E-state index contributed by atoms with van der Waals surface area (Å²) in [7, 11) is 3.26. The third-order valence-electron chi connectivity index (χ3n) is 4.89. The van der Waals surface area contributed by atoms with Gasteiger partial charge in [0, 0.05) is 26.7 Å². The SMILES string of the molecule is CNC(=O)C1(Cc2cccc(OC)c2)CN(C(=O)C2CCCO2)C1. The summed E-state index contributed by atoms with van der Waals surface area (Å²) in [5.41, 5.74) is 0.456. The summed E-state index contributed by atoms with van der Waals surface area (Å²) in [5.74, 6) is 0.755. The molecule has 130 valence electrons. The zero-order valence-corrected chi connectivity index (χ0v) is 14.2. The predicted octanol–water partition coefficient (Wildman–Crippen LogP) is 0.991. The van der Waals surface area contributed by atoms with E-state index in [4.69, 9.17) is 9.47 Å². The number of rotatable bonds is 5. The topological polar surface area (TPSA) is 67.9 Å². The molecule has 0 radical (unpaired) electrons. The Morgan fingerprint density at radius 3 is 2.83 bits per heavy atom. The van der Waals surface area contributed by atoms with Crippen molar-refractivity contribution in [3.05, 3.63) is 29.8 Å². The molecule has 24 heavy (non-hydrogen) atoms. The van der Waals surface area contributed by atoms with Gasteiger partial charge in [-0.15, -0.1) is 0 Å². The first-order valence-electron chi connectivity index (χ1n) is 8.33. The van der Waals surface area contributed by atoms with Crippen molar-refractivity contribution in [3.8, 4) is 5.75 Å². The standard InChI is InChI=1S/C18H24N2O4/c1-19-17(22)18(10-13-5-3-6-14(9-13)23-2)11-20(12-18)16(21)15-7-4-8-24-15/h3,5-6,9,15H,4,7-8,10-12H2,1-2H3,(H,19,22). The number of methoxy groups -OCH3 is 1. The van der Waals surface area contributed by atoms with Crippen molar-refractivity contribution in [1.82, 2.24) is 10.2 Å². The zero-order chi connectivity index (χ0) is 17.2. The van der Waals surface area contributed by atoms with Crippen LogP contribution in [0.1, 0.15) is 18.4 Å². The van der Waals surface area contributed by atoms with Gasteiger partial charge in [-0.05, 0) is 37.0 Å². The summed E-state index contributed by atoms with van der Waals surface area (Å²) in [6.45, 7) is 1.51. The smallest absolute Gasteiger partial charge is 0.251 e. The number of benzene rings is 1. The molecular formula is C18H24N2O4. The number of carbonyl (C=O) groups excluding carboxylic acids is 2. The van der Waals surface area contributed by atoms with E-state index in [0.29, 0.717) is 26.1 Å². The highest BCUT2D eigenvalue weighted by molar-refractivity contribution is 5.89. The fraction of sp³-hybridized carbons (Fsp3) is 0.556. The number of hydrogen-bond donors (Lipinski definition) is 1. The normalized spacial score (nSPS) is 21.9. The number of amides is 2. The molecule has 0 spiro atoms. The van der Waals surface area contributed by atoms with Crippen molar-refractivity contribution in [2.45, 2.75) is 25.4 Å². The van der Waals surface area contributed by atoms with Gasteiger partial charge in [-0.3, -0.25) is 9.59 Å². The van der Waals surface area contributed by atoms with Gasteiger partial charge in [0.1, 0.15) is 11.9 Å². The average Bonchev–Trinajstić information content (AvgIpc) is 3.11. The minimum absolute atomic E-state index is 0.0117. The maximum atomic E-state index is 12.5. The molecule has 1 unspecified atom stereocenters. The first-order valence-corrected chi connectivity index (χ1v) is 8.33. The largest absolute Gasteiger partial charge is 0.497 e. The van der Waals surface area contributed by atoms with Gasteiger partial charge in [0.05, 0.1) is 12.5 Å². The Morgan fingerprint density at radius 2 is 2.21 bits per heavy atom. The third kappa shape index (κ3) is 3.11. The Hall–Kier alpha value is -2.08. The van der Waals surface area contributed by atoms with E-state index < -0.39 is 5.41 Å². The molecule has 1 N–H and O–H groups in total. The summed E-state index contributed by atoms with van der Waals surface area (Å²) >= 11 is 0. The molecule has 2 aliphatic heterocycles. The van der Waals surface area contributed by atoms with Crippen molar-refractivity contribution < 1.29 is 19.1 Å². The van der Waals surface area contributed by atoms with Crippen LogP contribution in [0.2, 0.25) is 0 Å². The summed E-state index contributed by atoms with van der Waals surface area (Å²) in [6.07, 6.45) is 1.95. The quantitative estimate of drug-likeness (QED) is 0.873. The van der Waals surface area contributed by atoms with E-state index in [2.05, 4.69) is 5.32 Å². The van der Waals surface area contributed by atoms with Gasteiger partial charge in [-0.25, -0.2) is 0 Å². The van der Waals surface area contributed by atoms with Crippen molar-refractivity contribution >= 4 is 11.8 Å². The Bertz CT molecular complexity index is 619. The van der Waals surface area contributed by atoms with Crippen LogP contribution < -0.4 is 10.1 Å². The van der Waals surface area contributed by atoms with Crippen molar-refractivity contribution in [2.24, 2.45) is 5.41 Å². The van der Waals surface area contributed by atoms with Gasteiger partial charge in [0.15, 0.2) is 0 Å². The predicted molar refractivity (Wildman–Crippen MR) is 88.8 cm³/mol. The van der Waals surface area contributed by atoms with E-state index in [1.807, 2.05) is 24.3 Å². The van der Waals surface area contributed by atoms with E-state index in [1.54, 1.807) is 19.1 Å². The second-order valence-corrected chi connectivity index (χ2v) is 6.58. The minimum Gasteiger partial charge on any atom is -0.497 e. The minimum atomic E-state index is -0.574. The number of carbonyl (C=O) groups is 2. The fourth-order valence-electron chi connectivity index (χ4n) is 3.59. The number of nitrogens with zero attached hydrogens (tertiary/aromatic N) is 1. The second-order valence-electron chi connectivity index (χ2n) is 6.58. The maximum Gasteiger partial charge on any atom is 0.251 e. The Labute approximate surface area is 142 Å². The molecule has 2 heterocycles. The number of ether oxygens (including phenoxy) is 2. The van der Waals surface area contributed by atoms with Gasteiger partial charge >= 0.3 is 0 Å². The Balaban J connectivity index is 1.71. The van der Waals surface area contributed by atoms with Crippen LogP contribution in [0.15, 0.2) is 24.3 Å². The molecule has 1 atom stereocenters. The van der Waals surface area contributed by atoms with Crippen molar-refractivity contribution in [2.75, 3.05) is 33.9 Å². The third-order valence-corrected chi connectivity index (χ3v) is 4.89. The Kier molecular flexibility index (Phi) is 4.76.